The van der Waals surface area contributed by atoms with E-state index in [1.807, 2.05) is 29.2 Å². The third kappa shape index (κ3) is 3.16. The highest BCUT2D eigenvalue weighted by Gasteiger charge is 2.38. The lowest BCUT2D eigenvalue weighted by molar-refractivity contribution is -0.129. The summed E-state index contributed by atoms with van der Waals surface area (Å²) in [5.41, 5.74) is 2.03. The Morgan fingerprint density at radius 1 is 1.32 bits per heavy atom. The largest absolute Gasteiger partial charge is 0.467 e. The first-order valence-electron chi connectivity index (χ1n) is 8.52. The molecule has 1 fully saturated rings. The molecule has 1 saturated heterocycles. The number of likely N-dealkylation sites (tertiary alicyclic amines) is 1. The van der Waals surface area contributed by atoms with Gasteiger partial charge in [-0.25, -0.2) is 0 Å². The molecular weight excluding hydrogens is 340 g/mol. The highest BCUT2D eigenvalue weighted by molar-refractivity contribution is 6.30. The van der Waals surface area contributed by atoms with Gasteiger partial charge >= 0.3 is 0 Å². The molecule has 2 aliphatic heterocycles. The molecule has 0 bridgehead atoms. The molecule has 1 aromatic heterocycles. The Hall–Kier alpha value is -2.27. The number of carbonyl (C=O) groups excluding carboxylic acids is 2. The third-order valence-electron chi connectivity index (χ3n) is 4.92. The molecule has 0 saturated carbocycles. The number of halogens is 1. The maximum absolute atomic E-state index is 13.0. The SMILES string of the molecule is O=C1CC(C(=O)N2CCCc3cc(Cl)ccc32)CN1Cc1ccco1. The average molecular weight is 359 g/mol. The van der Waals surface area contributed by atoms with Gasteiger partial charge in [0.1, 0.15) is 5.76 Å². The zero-order chi connectivity index (χ0) is 17.4. The minimum absolute atomic E-state index is 0.00286. The molecule has 5 nitrogen and oxygen atoms in total. The van der Waals surface area contributed by atoms with Crippen LogP contribution in [-0.2, 0) is 22.6 Å². The molecule has 1 aromatic carbocycles. The summed E-state index contributed by atoms with van der Waals surface area (Å²) in [6.45, 7) is 1.55. The van der Waals surface area contributed by atoms with Crippen LogP contribution in [0.25, 0.3) is 0 Å². The number of benzene rings is 1. The minimum atomic E-state index is -0.302. The number of nitrogens with zero attached hydrogens (tertiary/aromatic N) is 2. The van der Waals surface area contributed by atoms with Crippen LogP contribution in [-0.4, -0.2) is 29.8 Å². The minimum Gasteiger partial charge on any atom is -0.467 e. The van der Waals surface area contributed by atoms with Gasteiger partial charge in [0, 0.05) is 30.2 Å². The number of aryl methyl sites for hydroxylation is 1. The van der Waals surface area contributed by atoms with Gasteiger partial charge in [-0.05, 0) is 48.7 Å². The highest BCUT2D eigenvalue weighted by atomic mass is 35.5. The predicted octanol–water partition coefficient (Wildman–Crippen LogP) is 3.26. The summed E-state index contributed by atoms with van der Waals surface area (Å²) in [5.74, 6) is 0.463. The predicted molar refractivity (Wildman–Crippen MR) is 94.4 cm³/mol. The Morgan fingerprint density at radius 3 is 3.00 bits per heavy atom. The second-order valence-corrected chi connectivity index (χ2v) is 7.06. The van der Waals surface area contributed by atoms with Gasteiger partial charge in [0.25, 0.3) is 0 Å². The molecule has 3 heterocycles. The van der Waals surface area contributed by atoms with Crippen LogP contribution in [0.3, 0.4) is 0 Å². The summed E-state index contributed by atoms with van der Waals surface area (Å²) in [4.78, 5) is 28.8. The van der Waals surface area contributed by atoms with Crippen LogP contribution in [0.1, 0.15) is 24.2 Å². The molecule has 2 aromatic rings. The average Bonchev–Trinajstić information content (AvgIpc) is 3.24. The molecule has 0 N–H and O–H groups in total. The summed E-state index contributed by atoms with van der Waals surface area (Å²) in [5, 5.41) is 0.689. The van der Waals surface area contributed by atoms with E-state index >= 15 is 0 Å². The van der Waals surface area contributed by atoms with Crippen LogP contribution in [0.5, 0.6) is 0 Å². The number of rotatable bonds is 3. The zero-order valence-electron chi connectivity index (χ0n) is 13.8. The van der Waals surface area contributed by atoms with Gasteiger partial charge in [-0.3, -0.25) is 9.59 Å². The maximum atomic E-state index is 13.0. The van der Waals surface area contributed by atoms with Gasteiger partial charge < -0.3 is 14.2 Å². The summed E-state index contributed by atoms with van der Waals surface area (Å²) >= 11 is 6.07. The molecule has 0 aliphatic carbocycles. The number of anilines is 1. The number of amides is 2. The molecule has 1 unspecified atom stereocenters. The van der Waals surface area contributed by atoms with E-state index in [0.29, 0.717) is 24.7 Å². The molecule has 130 valence electrons. The van der Waals surface area contributed by atoms with Crippen LogP contribution in [0.15, 0.2) is 41.0 Å². The number of furan rings is 1. The van der Waals surface area contributed by atoms with Crippen molar-refractivity contribution < 1.29 is 14.0 Å². The number of fused-ring (bicyclic) bond motifs is 1. The molecular formula is C19H19ClN2O3. The maximum Gasteiger partial charge on any atom is 0.232 e. The summed E-state index contributed by atoms with van der Waals surface area (Å²) < 4.78 is 5.31. The normalized spacial score (nSPS) is 20.0. The third-order valence-corrected chi connectivity index (χ3v) is 5.15. The van der Waals surface area contributed by atoms with Crippen molar-refractivity contribution >= 4 is 29.1 Å². The van der Waals surface area contributed by atoms with Crippen molar-refractivity contribution in [1.29, 1.82) is 0 Å². The van der Waals surface area contributed by atoms with Crippen molar-refractivity contribution in [2.24, 2.45) is 5.92 Å². The van der Waals surface area contributed by atoms with E-state index < -0.39 is 0 Å². The Labute approximate surface area is 151 Å². The first-order chi connectivity index (χ1) is 12.1. The smallest absolute Gasteiger partial charge is 0.232 e. The number of carbonyl (C=O) groups is 2. The summed E-state index contributed by atoms with van der Waals surface area (Å²) in [6, 6.07) is 9.29. The van der Waals surface area contributed by atoms with E-state index in [0.717, 1.165) is 29.9 Å². The number of hydrogen-bond donors (Lipinski definition) is 0. The topological polar surface area (TPSA) is 53.8 Å². The van der Waals surface area contributed by atoms with Crippen LogP contribution in [0.2, 0.25) is 5.02 Å². The van der Waals surface area contributed by atoms with Crippen molar-refractivity contribution in [2.45, 2.75) is 25.8 Å². The molecule has 4 rings (SSSR count). The molecule has 2 aliphatic rings. The first kappa shape index (κ1) is 16.2. The standard InChI is InChI=1S/C19H19ClN2O3/c20-15-5-6-17-13(9-15)3-1-7-22(17)19(24)14-10-18(23)21(11-14)12-16-4-2-8-25-16/h2,4-6,8-9,14H,1,3,7,10-12H2. The first-order valence-corrected chi connectivity index (χ1v) is 8.89. The fourth-order valence-corrected chi connectivity index (χ4v) is 3.89. The lowest BCUT2D eigenvalue weighted by Crippen LogP contribution is -2.40. The monoisotopic (exact) mass is 358 g/mol. The van der Waals surface area contributed by atoms with E-state index in [2.05, 4.69) is 0 Å². The van der Waals surface area contributed by atoms with Gasteiger partial charge in [-0.1, -0.05) is 11.6 Å². The van der Waals surface area contributed by atoms with E-state index in [9.17, 15) is 9.59 Å². The van der Waals surface area contributed by atoms with Crippen molar-refractivity contribution in [3.63, 3.8) is 0 Å². The number of hydrogen-bond acceptors (Lipinski definition) is 3. The lowest BCUT2D eigenvalue weighted by Gasteiger charge is -2.31. The van der Waals surface area contributed by atoms with E-state index in [1.165, 1.54) is 0 Å². The van der Waals surface area contributed by atoms with Crippen molar-refractivity contribution in [3.05, 3.63) is 52.9 Å². The van der Waals surface area contributed by atoms with Crippen LogP contribution in [0, 0.1) is 5.92 Å². The summed E-state index contributed by atoms with van der Waals surface area (Å²) in [7, 11) is 0. The second kappa shape index (κ2) is 6.56. The van der Waals surface area contributed by atoms with Crippen LogP contribution < -0.4 is 4.90 Å². The van der Waals surface area contributed by atoms with E-state index in [4.69, 9.17) is 16.0 Å². The Kier molecular flexibility index (Phi) is 4.25. The van der Waals surface area contributed by atoms with Gasteiger partial charge in [0.05, 0.1) is 18.7 Å². The Morgan fingerprint density at radius 2 is 2.20 bits per heavy atom. The van der Waals surface area contributed by atoms with Crippen LogP contribution >= 0.6 is 11.6 Å². The zero-order valence-corrected chi connectivity index (χ0v) is 14.5. The molecule has 25 heavy (non-hydrogen) atoms. The molecule has 6 heteroatoms. The molecule has 0 radical (unpaired) electrons. The Balaban J connectivity index is 1.50. The molecule has 2 amide bonds. The lowest BCUT2D eigenvalue weighted by atomic mass is 9.99. The van der Waals surface area contributed by atoms with Crippen molar-refractivity contribution in [2.75, 3.05) is 18.0 Å². The quantitative estimate of drug-likeness (QED) is 0.846. The molecule has 1 atom stereocenters. The van der Waals surface area contributed by atoms with Gasteiger partial charge in [-0.15, -0.1) is 0 Å². The van der Waals surface area contributed by atoms with Crippen LogP contribution in [0.4, 0.5) is 5.69 Å². The summed E-state index contributed by atoms with van der Waals surface area (Å²) in [6.07, 6.45) is 3.69. The van der Waals surface area contributed by atoms with Crippen molar-refractivity contribution in [3.8, 4) is 0 Å². The van der Waals surface area contributed by atoms with Gasteiger partial charge in [0.15, 0.2) is 0 Å². The highest BCUT2D eigenvalue weighted by Crippen LogP contribution is 2.32. The fraction of sp³-hybridized carbons (Fsp3) is 0.368. The second-order valence-electron chi connectivity index (χ2n) is 6.62. The van der Waals surface area contributed by atoms with Gasteiger partial charge in [0.2, 0.25) is 11.8 Å². The fourth-order valence-electron chi connectivity index (χ4n) is 3.70. The van der Waals surface area contributed by atoms with E-state index in [1.54, 1.807) is 17.2 Å². The Bertz CT molecular complexity index is 803. The van der Waals surface area contributed by atoms with Crippen molar-refractivity contribution in [1.82, 2.24) is 4.90 Å². The van der Waals surface area contributed by atoms with Gasteiger partial charge in [-0.2, -0.15) is 0 Å². The van der Waals surface area contributed by atoms with E-state index in [-0.39, 0.29) is 24.2 Å². The molecule has 0 spiro atoms.